The summed E-state index contributed by atoms with van der Waals surface area (Å²) in [6, 6.07) is 8.92. The van der Waals surface area contributed by atoms with Gasteiger partial charge in [0.25, 0.3) is 0 Å². The molecule has 2 aliphatic carbocycles. The van der Waals surface area contributed by atoms with Crippen molar-refractivity contribution in [2.45, 2.75) is 59.0 Å². The smallest absolute Gasteiger partial charge is 0.338 e. The van der Waals surface area contributed by atoms with E-state index in [0.717, 1.165) is 25.7 Å². The van der Waals surface area contributed by atoms with Crippen LogP contribution < -0.4 is 0 Å². The number of esters is 1. The number of ether oxygens (including phenoxy) is 1. The van der Waals surface area contributed by atoms with Crippen LogP contribution in [0.25, 0.3) is 0 Å². The number of rotatable bonds is 2. The molecule has 0 saturated heterocycles. The van der Waals surface area contributed by atoms with Crippen LogP contribution in [0.15, 0.2) is 30.3 Å². The highest BCUT2D eigenvalue weighted by molar-refractivity contribution is 5.96. The van der Waals surface area contributed by atoms with Crippen molar-refractivity contribution in [3.05, 3.63) is 35.9 Å². The van der Waals surface area contributed by atoms with Crippen molar-refractivity contribution < 1.29 is 14.3 Å². The highest BCUT2D eigenvalue weighted by atomic mass is 16.5. The molecule has 0 radical (unpaired) electrons. The van der Waals surface area contributed by atoms with Gasteiger partial charge in [-0.25, -0.2) is 4.79 Å². The van der Waals surface area contributed by atoms with E-state index in [-0.39, 0.29) is 22.6 Å². The lowest BCUT2D eigenvalue weighted by molar-refractivity contribution is -0.132. The summed E-state index contributed by atoms with van der Waals surface area (Å²) < 4.78 is 5.53. The number of benzene rings is 1. The predicted molar refractivity (Wildman–Crippen MR) is 89.1 cm³/mol. The second-order valence-corrected chi connectivity index (χ2v) is 8.25. The van der Waals surface area contributed by atoms with Gasteiger partial charge >= 0.3 is 5.97 Å². The summed E-state index contributed by atoms with van der Waals surface area (Å²) in [4.78, 5) is 25.1. The Balaban J connectivity index is 1.67. The van der Waals surface area contributed by atoms with Crippen molar-refractivity contribution in [1.82, 2.24) is 0 Å². The Morgan fingerprint density at radius 2 is 1.78 bits per heavy atom. The lowest BCUT2D eigenvalue weighted by Crippen LogP contribution is -2.32. The van der Waals surface area contributed by atoms with Gasteiger partial charge in [-0.05, 0) is 55.6 Å². The monoisotopic (exact) mass is 314 g/mol. The maximum Gasteiger partial charge on any atom is 0.338 e. The van der Waals surface area contributed by atoms with Crippen LogP contribution in [-0.2, 0) is 9.53 Å². The molecule has 2 aliphatic rings. The zero-order chi connectivity index (χ0) is 16.7. The molecule has 0 heterocycles. The summed E-state index contributed by atoms with van der Waals surface area (Å²) in [6.07, 6.45) is 4.00. The summed E-state index contributed by atoms with van der Waals surface area (Å²) in [6.45, 7) is 6.76. The fraction of sp³-hybridized carbons (Fsp3) is 0.600. The van der Waals surface area contributed by atoms with Crippen molar-refractivity contribution >= 4 is 11.8 Å². The predicted octanol–water partition coefficient (Wildman–Crippen LogP) is 4.41. The minimum atomic E-state index is -0.554. The van der Waals surface area contributed by atoms with Crippen molar-refractivity contribution in [3.63, 3.8) is 0 Å². The van der Waals surface area contributed by atoms with Crippen LogP contribution in [0, 0.1) is 16.7 Å². The van der Waals surface area contributed by atoms with Crippen molar-refractivity contribution in [3.8, 4) is 0 Å². The number of hydrogen-bond donors (Lipinski definition) is 0. The van der Waals surface area contributed by atoms with E-state index in [0.29, 0.717) is 17.9 Å². The minimum Gasteiger partial charge on any atom is -0.451 e. The number of carbonyl (C=O) groups is 2. The molecule has 2 fully saturated rings. The van der Waals surface area contributed by atoms with E-state index < -0.39 is 6.10 Å². The van der Waals surface area contributed by atoms with Crippen LogP contribution in [0.5, 0.6) is 0 Å². The van der Waals surface area contributed by atoms with Crippen molar-refractivity contribution in [1.29, 1.82) is 0 Å². The third kappa shape index (κ3) is 3.06. The fourth-order valence-corrected chi connectivity index (χ4v) is 4.20. The third-order valence-electron chi connectivity index (χ3n) is 5.79. The zero-order valence-electron chi connectivity index (χ0n) is 14.3. The molecule has 3 heteroatoms. The van der Waals surface area contributed by atoms with Crippen LogP contribution in [0.2, 0.25) is 0 Å². The molecule has 1 spiro atoms. The first-order valence-corrected chi connectivity index (χ1v) is 8.62. The second-order valence-electron chi connectivity index (χ2n) is 8.25. The average molecular weight is 314 g/mol. The van der Waals surface area contributed by atoms with Gasteiger partial charge < -0.3 is 4.74 Å². The summed E-state index contributed by atoms with van der Waals surface area (Å²) in [5.74, 6) is 0.356. The Morgan fingerprint density at radius 1 is 1.13 bits per heavy atom. The van der Waals surface area contributed by atoms with E-state index in [9.17, 15) is 9.59 Å². The Hall–Kier alpha value is -1.64. The van der Waals surface area contributed by atoms with E-state index in [1.165, 1.54) is 0 Å². The average Bonchev–Trinajstić information content (AvgIpc) is 3.08. The summed E-state index contributed by atoms with van der Waals surface area (Å²) in [5, 5.41) is 0. The van der Waals surface area contributed by atoms with Gasteiger partial charge in [-0.15, -0.1) is 0 Å². The first kappa shape index (κ1) is 16.2. The Labute approximate surface area is 138 Å². The van der Waals surface area contributed by atoms with Crippen LogP contribution in [0.3, 0.4) is 0 Å². The molecule has 3 unspecified atom stereocenters. The molecule has 2 saturated carbocycles. The minimum absolute atomic E-state index is 0.161. The lowest BCUT2D eigenvalue weighted by atomic mass is 9.75. The van der Waals surface area contributed by atoms with Gasteiger partial charge in [-0.3, -0.25) is 4.79 Å². The molecule has 1 aromatic carbocycles. The van der Waals surface area contributed by atoms with Crippen LogP contribution >= 0.6 is 0 Å². The number of ketones is 1. The molecule has 124 valence electrons. The molecule has 0 amide bonds. The second kappa shape index (κ2) is 5.77. The summed E-state index contributed by atoms with van der Waals surface area (Å²) in [7, 11) is 0. The highest BCUT2D eigenvalue weighted by Gasteiger charge is 2.54. The molecule has 0 aromatic heterocycles. The van der Waals surface area contributed by atoms with E-state index >= 15 is 0 Å². The third-order valence-corrected chi connectivity index (χ3v) is 5.79. The van der Waals surface area contributed by atoms with Crippen molar-refractivity contribution in [2.75, 3.05) is 0 Å². The SMILES string of the molecule is CC(C)(C)C1CCC2(CCC(OC(=O)c3ccccc3)C2=O)C1. The topological polar surface area (TPSA) is 43.4 Å². The molecule has 23 heavy (non-hydrogen) atoms. The maximum atomic E-state index is 12.9. The van der Waals surface area contributed by atoms with Crippen LogP contribution in [0.4, 0.5) is 0 Å². The summed E-state index contributed by atoms with van der Waals surface area (Å²) in [5.41, 5.74) is 0.516. The van der Waals surface area contributed by atoms with E-state index in [2.05, 4.69) is 20.8 Å². The van der Waals surface area contributed by atoms with Gasteiger partial charge in [0.15, 0.2) is 11.9 Å². The molecule has 0 N–H and O–H groups in total. The largest absolute Gasteiger partial charge is 0.451 e. The molecular weight excluding hydrogens is 288 g/mol. The molecule has 3 atom stereocenters. The normalized spacial score (nSPS) is 30.8. The molecule has 1 aromatic rings. The fourth-order valence-electron chi connectivity index (χ4n) is 4.20. The van der Waals surface area contributed by atoms with Crippen molar-refractivity contribution in [2.24, 2.45) is 16.7 Å². The number of carbonyl (C=O) groups excluding carboxylic acids is 2. The lowest BCUT2D eigenvalue weighted by Gasteiger charge is -2.29. The maximum absolute atomic E-state index is 12.9. The van der Waals surface area contributed by atoms with Crippen LogP contribution in [-0.4, -0.2) is 17.9 Å². The first-order chi connectivity index (χ1) is 10.8. The first-order valence-electron chi connectivity index (χ1n) is 8.62. The molecule has 0 aliphatic heterocycles. The molecule has 3 nitrogen and oxygen atoms in total. The van der Waals surface area contributed by atoms with Crippen LogP contribution in [0.1, 0.15) is 63.2 Å². The van der Waals surface area contributed by atoms with Gasteiger partial charge in [0.1, 0.15) is 0 Å². The van der Waals surface area contributed by atoms with Gasteiger partial charge in [0.2, 0.25) is 0 Å². The number of Topliss-reactive ketones (excluding diaryl/α,β-unsaturated/α-hetero) is 1. The molecule has 0 bridgehead atoms. The Morgan fingerprint density at radius 3 is 2.39 bits per heavy atom. The highest BCUT2D eigenvalue weighted by Crippen LogP contribution is 2.55. The molecular formula is C20H26O3. The van der Waals surface area contributed by atoms with Gasteiger partial charge in [-0.1, -0.05) is 39.0 Å². The zero-order valence-corrected chi connectivity index (χ0v) is 14.3. The van der Waals surface area contributed by atoms with Gasteiger partial charge in [0.05, 0.1) is 5.56 Å². The van der Waals surface area contributed by atoms with E-state index in [1.807, 2.05) is 6.07 Å². The van der Waals surface area contributed by atoms with E-state index in [1.54, 1.807) is 24.3 Å². The van der Waals surface area contributed by atoms with Gasteiger partial charge in [0, 0.05) is 5.41 Å². The standard InChI is InChI=1S/C20H26O3/c1-19(2,3)15-9-11-20(13-15)12-10-16(17(20)21)23-18(22)14-7-5-4-6-8-14/h4-8,15-16H,9-13H2,1-3H3. The summed E-state index contributed by atoms with van der Waals surface area (Å²) >= 11 is 0. The van der Waals surface area contributed by atoms with Gasteiger partial charge in [-0.2, -0.15) is 0 Å². The van der Waals surface area contributed by atoms with E-state index in [4.69, 9.17) is 4.74 Å². The number of hydrogen-bond acceptors (Lipinski definition) is 3. The molecule has 3 rings (SSSR count). The Kier molecular flexibility index (Phi) is 4.07. The Bertz CT molecular complexity index is 599. The quantitative estimate of drug-likeness (QED) is 0.760.